The lowest BCUT2D eigenvalue weighted by Crippen LogP contribution is -2.61. The van der Waals surface area contributed by atoms with E-state index in [2.05, 4.69) is 49.1 Å². The van der Waals surface area contributed by atoms with Crippen molar-refractivity contribution in [3.63, 3.8) is 0 Å². The quantitative estimate of drug-likeness (QED) is 0.0173. The lowest BCUT2D eigenvalue weighted by Gasteiger charge is -2.40. The number of fused-ring (bicyclic) bond motifs is 2. The molecule has 0 saturated carbocycles. The maximum atomic E-state index is 14.2. The second-order valence-electron chi connectivity index (χ2n) is 23.7. The lowest BCUT2D eigenvalue weighted by atomic mass is 9.76. The average molecular weight is 1180 g/mol. The number of nitrogens with zero attached hydrogens (tertiary/aromatic N) is 2. The molecule has 5 rings (SSSR count). The first-order chi connectivity index (χ1) is 40.5. The van der Waals surface area contributed by atoms with Gasteiger partial charge < -0.3 is 57.3 Å². The number of aliphatic carboxylic acids is 1. The van der Waals surface area contributed by atoms with Crippen LogP contribution < -0.4 is 47.9 Å². The van der Waals surface area contributed by atoms with Crippen molar-refractivity contribution in [1.29, 1.82) is 0 Å². The molecular weight excluding hydrogens is 1100 g/mol. The molecule has 21 nitrogen and oxygen atoms in total. The Balaban J connectivity index is 1.18. The number of primary amides is 1. The minimum Gasteiger partial charge on any atom is -0.478 e. The molecule has 4 aromatic carbocycles. The molecule has 4 aromatic rings. The monoisotopic (exact) mass is 1180 g/mol. The number of hydrogen-bond acceptors (Lipinski definition) is 11. The second-order valence-corrected chi connectivity index (χ2v) is 23.7. The molecule has 0 spiro atoms. The van der Waals surface area contributed by atoms with Crippen LogP contribution in [0.5, 0.6) is 0 Å². The van der Waals surface area contributed by atoms with E-state index in [4.69, 9.17) is 10.5 Å². The molecule has 0 bridgehead atoms. The number of amides is 9. The lowest BCUT2D eigenvalue weighted by molar-refractivity contribution is -0.141. The second kappa shape index (κ2) is 30.7. The highest BCUT2D eigenvalue weighted by molar-refractivity contribution is 6.00. The number of benzene rings is 4. The molecule has 0 saturated heterocycles. The van der Waals surface area contributed by atoms with Gasteiger partial charge in [-0.05, 0) is 103 Å². The number of anilines is 3. The minimum atomic E-state index is -1.12. The zero-order chi connectivity index (χ0) is 63.6. The Bertz CT molecular complexity index is 3210. The smallest absolute Gasteiger partial charge is 0.411 e. The molecule has 1 unspecified atom stereocenters. The Morgan fingerprint density at radius 2 is 1.40 bits per heavy atom. The number of nitrogens with two attached hydrogens (primary N) is 1. The molecule has 0 aromatic heterocycles. The van der Waals surface area contributed by atoms with E-state index in [1.807, 2.05) is 103 Å². The summed E-state index contributed by atoms with van der Waals surface area (Å²) < 4.78 is 5.56. The Morgan fingerprint density at radius 1 is 0.744 bits per heavy atom. The molecule has 10 N–H and O–H groups in total. The largest absolute Gasteiger partial charge is 0.478 e. The SMILES string of the molecule is CN[C@H](C(=O)NC(C(=O)N(C)[C@H](/C=C(\C)C(=O)O)C(C)C)C(C)(C)C)C(C)(C)c1cccc(NC(=O)OCc2ccc(NC(=O)[C@H](CCCNC(N)=O)NC(=O)[C@@H](NC(=O)CCC(=O)N3Cc4ccccc4C#Cc4ccccc43)C(C)C)cc2)c1. The topological polar surface area (TPSA) is 300 Å². The zero-order valence-corrected chi connectivity index (χ0v) is 51.3. The van der Waals surface area contributed by atoms with E-state index in [1.165, 1.54) is 11.8 Å². The molecule has 460 valence electrons. The van der Waals surface area contributed by atoms with Crippen molar-refractivity contribution in [2.24, 2.45) is 23.0 Å². The first kappa shape index (κ1) is 67.8. The summed E-state index contributed by atoms with van der Waals surface area (Å²) in [7, 11) is 3.24. The average Bonchev–Trinajstić information content (AvgIpc) is 3.59. The summed E-state index contributed by atoms with van der Waals surface area (Å²) in [6.07, 6.45) is 0.742. The maximum Gasteiger partial charge on any atom is 0.411 e. The van der Waals surface area contributed by atoms with Crippen molar-refractivity contribution in [2.75, 3.05) is 36.2 Å². The number of carbonyl (C=O) groups is 9. The number of nitrogens with one attached hydrogen (secondary N) is 7. The van der Waals surface area contributed by atoms with Crippen molar-refractivity contribution in [3.05, 3.63) is 137 Å². The summed E-state index contributed by atoms with van der Waals surface area (Å²) in [5.74, 6) is 1.83. The zero-order valence-electron chi connectivity index (χ0n) is 51.3. The molecular formula is C65H84N10O11. The summed E-state index contributed by atoms with van der Waals surface area (Å²) in [5, 5.41) is 29.2. The minimum absolute atomic E-state index is 0.0812. The number of carboxylic acids is 1. The molecule has 5 atom stereocenters. The van der Waals surface area contributed by atoms with Crippen molar-refractivity contribution in [1.82, 2.24) is 31.5 Å². The van der Waals surface area contributed by atoms with E-state index in [-0.39, 0.29) is 68.7 Å². The molecule has 0 radical (unpaired) electrons. The van der Waals surface area contributed by atoms with Gasteiger partial charge in [0.1, 0.15) is 24.7 Å². The van der Waals surface area contributed by atoms with Gasteiger partial charge in [0, 0.05) is 59.9 Å². The van der Waals surface area contributed by atoms with E-state index < -0.39 is 88.7 Å². The first-order valence-corrected chi connectivity index (χ1v) is 28.7. The van der Waals surface area contributed by atoms with Crippen molar-refractivity contribution in [2.45, 2.75) is 144 Å². The summed E-state index contributed by atoms with van der Waals surface area (Å²) in [4.78, 5) is 123. The molecule has 1 aliphatic rings. The number of carboxylic acid groups (broad SMARTS) is 1. The molecule has 21 heteroatoms. The van der Waals surface area contributed by atoms with Crippen molar-refractivity contribution < 1.29 is 53.0 Å². The summed E-state index contributed by atoms with van der Waals surface area (Å²) in [6, 6.07) is 22.9. The van der Waals surface area contributed by atoms with Crippen LogP contribution in [0.1, 0.15) is 123 Å². The molecule has 1 aliphatic heterocycles. The van der Waals surface area contributed by atoms with Gasteiger partial charge in [0.05, 0.1) is 24.3 Å². The van der Waals surface area contributed by atoms with E-state index in [0.29, 0.717) is 33.8 Å². The van der Waals surface area contributed by atoms with Crippen molar-refractivity contribution >= 4 is 70.6 Å². The standard InChI is InChI=1S/C65H84N10O11/c1-39(2)51(35-41(5)61(82)83)74(12)60(81)56(64(6,7)8)73-59(80)55(67-11)65(9,10)46-22-17-23-48(36-46)70-63(85)86-38-42-26-30-47(31-27-42)69-57(78)49(24-18-34-68-62(66)84)71-58(79)54(40(3)4)72-52(76)32-33-53(77)75-37-45-21-14-13-19-43(45)28-29-44-20-15-16-25-50(44)75/h13-17,19-23,25-27,30-31,35-36,39-40,49,51,54-56,67H,18,24,32-34,37-38H2,1-12H3,(H,69,78)(H,70,85)(H,71,79)(H,72,76)(H,73,80)(H,82,83)(H3,66,68,84)/b41-35+/t49-,51+,54-,55+,56?/m0/s1. The van der Waals surface area contributed by atoms with Crippen LogP contribution in [0, 0.1) is 29.1 Å². The Hall–Kier alpha value is -9.03. The fourth-order valence-electron chi connectivity index (χ4n) is 9.90. The van der Waals surface area contributed by atoms with Crippen LogP contribution in [-0.2, 0) is 56.9 Å². The van der Waals surface area contributed by atoms with Gasteiger partial charge in [-0.3, -0.25) is 34.1 Å². The number of likely N-dealkylation sites (N-methyl/N-ethyl adjacent to an activating group) is 2. The number of para-hydroxylation sites is 1. The predicted molar refractivity (Wildman–Crippen MR) is 330 cm³/mol. The van der Waals surface area contributed by atoms with Gasteiger partial charge in [-0.25, -0.2) is 14.4 Å². The van der Waals surface area contributed by atoms with Gasteiger partial charge in [-0.1, -0.05) is 135 Å². The molecule has 0 fully saturated rings. The van der Waals surface area contributed by atoms with Gasteiger partial charge >= 0.3 is 18.1 Å². The van der Waals surface area contributed by atoms with E-state index in [1.54, 1.807) is 81.4 Å². The number of carbonyl (C=O) groups excluding carboxylic acids is 8. The molecule has 1 heterocycles. The third kappa shape index (κ3) is 19.0. The van der Waals surface area contributed by atoms with E-state index >= 15 is 0 Å². The number of hydrogen-bond donors (Lipinski definition) is 9. The van der Waals surface area contributed by atoms with Crippen molar-refractivity contribution in [3.8, 4) is 11.8 Å². The van der Waals surface area contributed by atoms with Gasteiger partial charge in [-0.15, -0.1) is 0 Å². The normalized spacial score (nSPS) is 13.9. The van der Waals surface area contributed by atoms with E-state index in [0.717, 1.165) is 11.1 Å². The fraction of sp³-hybridized carbons (Fsp3) is 0.431. The Morgan fingerprint density at radius 3 is 2.02 bits per heavy atom. The van der Waals surface area contributed by atoms with Crippen LogP contribution in [0.2, 0.25) is 0 Å². The molecule has 0 aliphatic carbocycles. The van der Waals surface area contributed by atoms with Crippen LogP contribution in [-0.4, -0.2) is 114 Å². The van der Waals surface area contributed by atoms with Gasteiger partial charge in [0.2, 0.25) is 35.4 Å². The highest BCUT2D eigenvalue weighted by Crippen LogP contribution is 2.32. The van der Waals surface area contributed by atoms with Crippen LogP contribution >= 0.6 is 0 Å². The fourth-order valence-corrected chi connectivity index (χ4v) is 9.90. The highest BCUT2D eigenvalue weighted by atomic mass is 16.5. The Kier molecular flexibility index (Phi) is 24.2. The molecule has 9 amide bonds. The van der Waals surface area contributed by atoms with Crippen LogP contribution in [0.15, 0.2) is 109 Å². The van der Waals surface area contributed by atoms with Gasteiger partial charge in [0.25, 0.3) is 0 Å². The first-order valence-electron chi connectivity index (χ1n) is 28.7. The third-order valence-electron chi connectivity index (χ3n) is 15.0. The summed E-state index contributed by atoms with van der Waals surface area (Å²) >= 11 is 0. The van der Waals surface area contributed by atoms with Crippen LogP contribution in [0.25, 0.3) is 0 Å². The highest BCUT2D eigenvalue weighted by Gasteiger charge is 2.42. The van der Waals surface area contributed by atoms with Gasteiger partial charge in [0.15, 0.2) is 0 Å². The Labute approximate surface area is 504 Å². The molecule has 86 heavy (non-hydrogen) atoms. The van der Waals surface area contributed by atoms with Crippen LogP contribution in [0.3, 0.4) is 0 Å². The number of ether oxygens (including phenoxy) is 1. The van der Waals surface area contributed by atoms with Gasteiger partial charge in [-0.2, -0.15) is 0 Å². The number of rotatable bonds is 26. The third-order valence-corrected chi connectivity index (χ3v) is 15.0. The summed E-state index contributed by atoms with van der Waals surface area (Å²) in [6.45, 7) is 18.2. The van der Waals surface area contributed by atoms with E-state index in [9.17, 15) is 48.3 Å². The number of urea groups is 1. The summed E-state index contributed by atoms with van der Waals surface area (Å²) in [5.41, 5.74) is 8.68. The van der Waals surface area contributed by atoms with Crippen LogP contribution in [0.4, 0.5) is 26.7 Å². The predicted octanol–water partition coefficient (Wildman–Crippen LogP) is 7.09. The maximum absolute atomic E-state index is 14.2.